The van der Waals surface area contributed by atoms with Gasteiger partial charge in [0.2, 0.25) is 0 Å². The molecular weight excluding hydrogens is 220 g/mol. The lowest BCUT2D eigenvalue weighted by Gasteiger charge is -2.25. The fraction of sp³-hybridized carbons (Fsp3) is 0.231. The molecule has 84 valence electrons. The highest BCUT2D eigenvalue weighted by atomic mass is 32.2. The number of hydrogen-bond acceptors (Lipinski definition) is 2. The summed E-state index contributed by atoms with van der Waals surface area (Å²) in [5.74, 6) is 0.176. The molecule has 16 heavy (non-hydrogen) atoms. The molecular formula is C13H14O2S. The third kappa shape index (κ3) is 1.71. The van der Waals surface area contributed by atoms with Gasteiger partial charge in [-0.1, -0.05) is 31.2 Å². The van der Waals surface area contributed by atoms with E-state index in [0.29, 0.717) is 0 Å². The molecule has 1 heterocycles. The molecule has 2 nitrogen and oxygen atoms in total. The number of rotatable bonds is 2. The molecule has 0 saturated heterocycles. The first-order valence-electron chi connectivity index (χ1n) is 5.18. The Morgan fingerprint density at radius 2 is 2.19 bits per heavy atom. The fourth-order valence-corrected chi connectivity index (χ4v) is 3.49. The molecule has 1 aliphatic heterocycles. The van der Waals surface area contributed by atoms with E-state index in [4.69, 9.17) is 0 Å². The maximum Gasteiger partial charge on any atom is 0.109 e. The Bertz CT molecular complexity index is 477. The second-order valence-electron chi connectivity index (χ2n) is 3.92. The van der Waals surface area contributed by atoms with Crippen molar-refractivity contribution in [2.24, 2.45) is 5.92 Å². The number of aliphatic hydroxyl groups is 1. The first-order valence-corrected chi connectivity index (χ1v) is 6.39. The van der Waals surface area contributed by atoms with Crippen LogP contribution in [0.2, 0.25) is 0 Å². The maximum atomic E-state index is 12.3. The second-order valence-corrected chi connectivity index (χ2v) is 5.46. The van der Waals surface area contributed by atoms with Crippen molar-refractivity contribution in [3.63, 3.8) is 0 Å². The van der Waals surface area contributed by atoms with Gasteiger partial charge in [0, 0.05) is 4.90 Å². The summed E-state index contributed by atoms with van der Waals surface area (Å²) in [5, 5.41) is 9.54. The number of hydrogen-bond donors (Lipinski definition) is 1. The quantitative estimate of drug-likeness (QED) is 0.799. The number of aliphatic hydroxyl groups excluding tert-OH is 1. The zero-order valence-corrected chi connectivity index (χ0v) is 9.91. The summed E-state index contributed by atoms with van der Waals surface area (Å²) in [5.41, 5.74) is 0.839. The van der Waals surface area contributed by atoms with Crippen molar-refractivity contribution < 1.29 is 9.32 Å². The molecule has 0 amide bonds. The van der Waals surface area contributed by atoms with Gasteiger partial charge >= 0.3 is 0 Å². The Morgan fingerprint density at radius 1 is 1.50 bits per heavy atom. The zero-order chi connectivity index (χ0) is 11.7. The van der Waals surface area contributed by atoms with Gasteiger partial charge in [0.1, 0.15) is 11.0 Å². The minimum Gasteiger partial charge on any atom is -0.511 e. The lowest BCUT2D eigenvalue weighted by Crippen LogP contribution is -2.27. The summed E-state index contributed by atoms with van der Waals surface area (Å²) < 4.78 is 12.3. The highest BCUT2D eigenvalue weighted by molar-refractivity contribution is 7.86. The van der Waals surface area contributed by atoms with Crippen LogP contribution in [-0.2, 0) is 10.8 Å². The van der Waals surface area contributed by atoms with Gasteiger partial charge in [-0.2, -0.15) is 0 Å². The SMILES string of the molecule is C=CC(C)C1C(O)=Cc2ccccc2S1=O. The predicted molar refractivity (Wildman–Crippen MR) is 66.6 cm³/mol. The lowest BCUT2D eigenvalue weighted by atomic mass is 10.0. The van der Waals surface area contributed by atoms with Crippen molar-refractivity contribution in [2.75, 3.05) is 0 Å². The molecule has 2 rings (SSSR count). The molecule has 1 aromatic carbocycles. The zero-order valence-electron chi connectivity index (χ0n) is 9.09. The predicted octanol–water partition coefficient (Wildman–Crippen LogP) is 2.90. The van der Waals surface area contributed by atoms with Crippen LogP contribution < -0.4 is 0 Å². The molecule has 1 aliphatic rings. The Hall–Kier alpha value is -1.35. The van der Waals surface area contributed by atoms with E-state index in [1.54, 1.807) is 12.2 Å². The topological polar surface area (TPSA) is 37.3 Å². The van der Waals surface area contributed by atoms with Gasteiger partial charge in [-0.15, -0.1) is 6.58 Å². The molecule has 3 atom stereocenters. The molecule has 3 unspecified atom stereocenters. The van der Waals surface area contributed by atoms with Crippen LogP contribution in [-0.4, -0.2) is 14.6 Å². The molecule has 0 aliphatic carbocycles. The van der Waals surface area contributed by atoms with Crippen LogP contribution in [0.25, 0.3) is 6.08 Å². The first kappa shape index (κ1) is 11.1. The minimum atomic E-state index is -1.20. The second kappa shape index (κ2) is 4.26. The number of allylic oxidation sites excluding steroid dienone is 1. The highest BCUT2D eigenvalue weighted by Gasteiger charge is 2.31. The maximum absolute atomic E-state index is 12.3. The van der Waals surface area contributed by atoms with E-state index in [-0.39, 0.29) is 16.9 Å². The van der Waals surface area contributed by atoms with Crippen LogP contribution in [0.4, 0.5) is 0 Å². The van der Waals surface area contributed by atoms with Crippen LogP contribution in [0.15, 0.2) is 47.6 Å². The molecule has 0 aromatic heterocycles. The standard InChI is InChI=1S/C13H14O2S/c1-3-9(2)13-11(14)8-10-6-4-5-7-12(10)16(13)15/h3-9,13-14H,1H2,2H3. The van der Waals surface area contributed by atoms with E-state index in [9.17, 15) is 9.32 Å². The molecule has 0 radical (unpaired) electrons. The highest BCUT2D eigenvalue weighted by Crippen LogP contribution is 2.31. The van der Waals surface area contributed by atoms with E-state index < -0.39 is 10.8 Å². The molecule has 3 heteroatoms. The van der Waals surface area contributed by atoms with Crippen molar-refractivity contribution >= 4 is 16.9 Å². The molecule has 0 fully saturated rings. The summed E-state index contributed by atoms with van der Waals surface area (Å²) in [6, 6.07) is 7.44. The summed E-state index contributed by atoms with van der Waals surface area (Å²) >= 11 is 0. The molecule has 0 saturated carbocycles. The smallest absolute Gasteiger partial charge is 0.109 e. The summed E-state index contributed by atoms with van der Waals surface area (Å²) in [4.78, 5) is 0.791. The van der Waals surface area contributed by atoms with Gasteiger partial charge < -0.3 is 5.11 Å². The Balaban J connectivity index is 2.51. The fourth-order valence-electron chi connectivity index (χ4n) is 1.86. The Labute approximate surface area is 97.8 Å². The summed E-state index contributed by atoms with van der Waals surface area (Å²) in [6.45, 7) is 5.60. The molecule has 0 spiro atoms. The third-order valence-electron chi connectivity index (χ3n) is 2.81. The first-order chi connectivity index (χ1) is 7.65. The number of fused-ring (bicyclic) bond motifs is 1. The van der Waals surface area contributed by atoms with Gasteiger partial charge in [0.15, 0.2) is 0 Å². The number of benzene rings is 1. The minimum absolute atomic E-state index is 0.00885. The normalized spacial score (nSPS) is 25.4. The lowest BCUT2D eigenvalue weighted by molar-refractivity contribution is 0.380. The van der Waals surface area contributed by atoms with E-state index in [0.717, 1.165) is 10.5 Å². The van der Waals surface area contributed by atoms with Crippen molar-refractivity contribution in [1.82, 2.24) is 0 Å². The summed E-state index contributed by atoms with van der Waals surface area (Å²) in [7, 11) is -1.20. The average molecular weight is 234 g/mol. The van der Waals surface area contributed by atoms with Gasteiger partial charge in [-0.25, -0.2) is 0 Å². The van der Waals surface area contributed by atoms with Crippen molar-refractivity contribution in [3.05, 3.63) is 48.2 Å². The molecule has 1 N–H and O–H groups in total. The molecule has 0 bridgehead atoms. The largest absolute Gasteiger partial charge is 0.511 e. The van der Waals surface area contributed by atoms with Gasteiger partial charge in [-0.3, -0.25) is 4.21 Å². The Morgan fingerprint density at radius 3 is 2.88 bits per heavy atom. The monoisotopic (exact) mass is 234 g/mol. The van der Waals surface area contributed by atoms with Gasteiger partial charge in [0.05, 0.1) is 10.8 Å². The van der Waals surface area contributed by atoms with Gasteiger partial charge in [0.25, 0.3) is 0 Å². The van der Waals surface area contributed by atoms with Gasteiger partial charge in [-0.05, 0) is 23.6 Å². The third-order valence-corrected chi connectivity index (χ3v) is 4.75. The van der Waals surface area contributed by atoms with Crippen LogP contribution in [0.5, 0.6) is 0 Å². The van der Waals surface area contributed by atoms with Crippen molar-refractivity contribution in [1.29, 1.82) is 0 Å². The van der Waals surface area contributed by atoms with E-state index >= 15 is 0 Å². The van der Waals surface area contributed by atoms with Crippen LogP contribution in [0.1, 0.15) is 12.5 Å². The van der Waals surface area contributed by atoms with E-state index in [2.05, 4.69) is 6.58 Å². The summed E-state index contributed by atoms with van der Waals surface area (Å²) in [6.07, 6.45) is 3.42. The Kier molecular flexibility index (Phi) is 2.97. The van der Waals surface area contributed by atoms with Crippen LogP contribution in [0.3, 0.4) is 0 Å². The van der Waals surface area contributed by atoms with E-state index in [1.807, 2.05) is 31.2 Å². The molecule has 1 aromatic rings. The van der Waals surface area contributed by atoms with Crippen molar-refractivity contribution in [3.8, 4) is 0 Å². The van der Waals surface area contributed by atoms with Crippen molar-refractivity contribution in [2.45, 2.75) is 17.1 Å². The van der Waals surface area contributed by atoms with Crippen LogP contribution >= 0.6 is 0 Å². The van der Waals surface area contributed by atoms with E-state index in [1.165, 1.54) is 0 Å². The van der Waals surface area contributed by atoms with Crippen LogP contribution in [0, 0.1) is 5.92 Å². The average Bonchev–Trinajstić information content (AvgIpc) is 2.28.